The number of hydrogen-bond donors (Lipinski definition) is 1. The molecule has 10 heteroatoms. The number of sulfonamides is 1. The Balaban J connectivity index is 1.84. The van der Waals surface area contributed by atoms with Gasteiger partial charge in [-0.3, -0.25) is 13.9 Å². The Hall–Kier alpha value is -3.85. The van der Waals surface area contributed by atoms with Gasteiger partial charge in [-0.05, 0) is 87.7 Å². The molecule has 0 saturated carbocycles. The van der Waals surface area contributed by atoms with E-state index >= 15 is 0 Å². The fourth-order valence-electron chi connectivity index (χ4n) is 4.94. The van der Waals surface area contributed by atoms with Crippen molar-refractivity contribution in [2.75, 3.05) is 10.8 Å². The first-order valence-corrected chi connectivity index (χ1v) is 17.1. The highest BCUT2D eigenvalue weighted by Gasteiger charge is 2.35. The van der Waals surface area contributed by atoms with Crippen molar-refractivity contribution in [3.05, 3.63) is 129 Å². The van der Waals surface area contributed by atoms with Crippen molar-refractivity contribution >= 4 is 50.7 Å². The number of nitrogens with one attached hydrogen (secondary N) is 1. The zero-order valence-electron chi connectivity index (χ0n) is 26.6. The number of aryl methyl sites for hydroxylation is 2. The maximum atomic E-state index is 14.6. The van der Waals surface area contributed by atoms with Crippen molar-refractivity contribution in [1.29, 1.82) is 0 Å². The average molecular weight is 681 g/mol. The molecule has 7 nitrogen and oxygen atoms in total. The van der Waals surface area contributed by atoms with Crippen LogP contribution in [0.5, 0.6) is 0 Å². The number of nitrogens with zero attached hydrogens (tertiary/aromatic N) is 2. The molecule has 0 bridgehead atoms. The standard InChI is InChI=1S/C36H39Cl2N3O4S/c1-25-14-18-31(19-15-25)46(44,45)41(30-17-16-26(2)32(38)22-30)24-34(42)40(23-28-12-9-13-29(37)20-28)33(35(43)39-36(3,4)5)21-27-10-7-6-8-11-27/h6-20,22,33H,21,23-24H2,1-5H3,(H,39,43)/t33-/m0/s1. The summed E-state index contributed by atoms with van der Waals surface area (Å²) in [6.45, 7) is 8.71. The van der Waals surface area contributed by atoms with E-state index in [4.69, 9.17) is 23.2 Å². The lowest BCUT2D eigenvalue weighted by atomic mass is 10.0. The van der Waals surface area contributed by atoms with Crippen LogP contribution in [0.2, 0.25) is 10.0 Å². The summed E-state index contributed by atoms with van der Waals surface area (Å²) in [6.07, 6.45) is 0.204. The van der Waals surface area contributed by atoms with Crippen LogP contribution in [-0.2, 0) is 32.6 Å². The van der Waals surface area contributed by atoms with Crippen LogP contribution in [0, 0.1) is 13.8 Å². The maximum Gasteiger partial charge on any atom is 0.264 e. The van der Waals surface area contributed by atoms with Crippen molar-refractivity contribution in [3.63, 3.8) is 0 Å². The molecule has 0 spiro atoms. The molecule has 0 aliphatic rings. The molecular weight excluding hydrogens is 641 g/mol. The van der Waals surface area contributed by atoms with Crippen molar-refractivity contribution in [2.24, 2.45) is 0 Å². The van der Waals surface area contributed by atoms with Gasteiger partial charge in [-0.25, -0.2) is 8.42 Å². The molecule has 4 aromatic rings. The monoisotopic (exact) mass is 679 g/mol. The summed E-state index contributed by atoms with van der Waals surface area (Å²) in [5.74, 6) is -0.935. The molecule has 0 aliphatic carbocycles. The summed E-state index contributed by atoms with van der Waals surface area (Å²) in [4.78, 5) is 30.0. The highest BCUT2D eigenvalue weighted by molar-refractivity contribution is 7.92. The minimum Gasteiger partial charge on any atom is -0.350 e. The van der Waals surface area contributed by atoms with Crippen LogP contribution >= 0.6 is 23.2 Å². The van der Waals surface area contributed by atoms with E-state index in [0.29, 0.717) is 15.6 Å². The van der Waals surface area contributed by atoms with Gasteiger partial charge in [-0.15, -0.1) is 0 Å². The van der Waals surface area contributed by atoms with E-state index in [9.17, 15) is 18.0 Å². The van der Waals surface area contributed by atoms with Crippen LogP contribution in [0.25, 0.3) is 0 Å². The Labute approximate surface area is 282 Å². The van der Waals surface area contributed by atoms with Gasteiger partial charge >= 0.3 is 0 Å². The van der Waals surface area contributed by atoms with E-state index in [-0.39, 0.29) is 29.5 Å². The van der Waals surface area contributed by atoms with E-state index in [1.165, 1.54) is 23.1 Å². The Morgan fingerprint density at radius 2 is 1.48 bits per heavy atom. The number of benzene rings is 4. The molecule has 242 valence electrons. The second kappa shape index (κ2) is 14.7. The molecule has 1 N–H and O–H groups in total. The molecule has 4 rings (SSSR count). The maximum absolute atomic E-state index is 14.6. The number of halogens is 2. The topological polar surface area (TPSA) is 86.8 Å². The van der Waals surface area contributed by atoms with Gasteiger partial charge in [0.05, 0.1) is 10.6 Å². The molecule has 1 atom stereocenters. The quantitative estimate of drug-likeness (QED) is 0.179. The predicted molar refractivity (Wildman–Crippen MR) is 186 cm³/mol. The zero-order valence-corrected chi connectivity index (χ0v) is 29.0. The van der Waals surface area contributed by atoms with Crippen molar-refractivity contribution < 1.29 is 18.0 Å². The van der Waals surface area contributed by atoms with E-state index in [0.717, 1.165) is 21.0 Å². The van der Waals surface area contributed by atoms with Crippen LogP contribution in [0.4, 0.5) is 5.69 Å². The minimum absolute atomic E-state index is 0.0154. The molecule has 0 aromatic heterocycles. The number of anilines is 1. The number of carbonyl (C=O) groups excluding carboxylic acids is 2. The fraction of sp³-hybridized carbons (Fsp3) is 0.278. The molecule has 0 aliphatic heterocycles. The zero-order chi connectivity index (χ0) is 33.6. The Bertz CT molecular complexity index is 1790. The Kier molecular flexibility index (Phi) is 11.2. The summed E-state index contributed by atoms with van der Waals surface area (Å²) in [5.41, 5.74) is 2.82. The molecule has 46 heavy (non-hydrogen) atoms. The molecular formula is C36H39Cl2N3O4S. The van der Waals surface area contributed by atoms with Crippen LogP contribution < -0.4 is 9.62 Å². The number of carbonyl (C=O) groups is 2. The summed E-state index contributed by atoms with van der Waals surface area (Å²) < 4.78 is 29.5. The molecule has 0 radical (unpaired) electrons. The van der Waals surface area contributed by atoms with Gasteiger partial charge in [0.1, 0.15) is 12.6 Å². The lowest BCUT2D eigenvalue weighted by Crippen LogP contribution is -2.56. The third kappa shape index (κ3) is 9.12. The lowest BCUT2D eigenvalue weighted by molar-refractivity contribution is -0.140. The van der Waals surface area contributed by atoms with E-state index in [2.05, 4.69) is 5.32 Å². The second-order valence-corrected chi connectivity index (χ2v) is 15.1. The van der Waals surface area contributed by atoms with Crippen LogP contribution in [0.15, 0.2) is 102 Å². The van der Waals surface area contributed by atoms with Crippen LogP contribution in [0.3, 0.4) is 0 Å². The first-order chi connectivity index (χ1) is 21.6. The van der Waals surface area contributed by atoms with E-state index in [1.807, 2.05) is 71.0 Å². The normalized spacial score (nSPS) is 12.3. The third-order valence-electron chi connectivity index (χ3n) is 7.34. The third-order valence-corrected chi connectivity index (χ3v) is 9.77. The number of amides is 2. The first-order valence-electron chi connectivity index (χ1n) is 14.9. The van der Waals surface area contributed by atoms with Gasteiger partial charge in [0, 0.05) is 28.5 Å². The first kappa shape index (κ1) is 35.0. The largest absolute Gasteiger partial charge is 0.350 e. The van der Waals surface area contributed by atoms with Crippen molar-refractivity contribution in [1.82, 2.24) is 10.2 Å². The van der Waals surface area contributed by atoms with Gasteiger partial charge in [-0.1, -0.05) is 89.4 Å². The van der Waals surface area contributed by atoms with Gasteiger partial charge in [0.2, 0.25) is 11.8 Å². The highest BCUT2D eigenvalue weighted by atomic mass is 35.5. The van der Waals surface area contributed by atoms with Gasteiger partial charge in [-0.2, -0.15) is 0 Å². The molecule has 0 fully saturated rings. The average Bonchev–Trinajstić information content (AvgIpc) is 2.99. The molecule has 0 saturated heterocycles. The predicted octanol–water partition coefficient (Wildman–Crippen LogP) is 7.36. The van der Waals surface area contributed by atoms with E-state index < -0.39 is 34.1 Å². The van der Waals surface area contributed by atoms with Gasteiger partial charge < -0.3 is 10.2 Å². The summed E-state index contributed by atoms with van der Waals surface area (Å²) in [7, 11) is -4.24. The van der Waals surface area contributed by atoms with Crippen LogP contribution in [-0.4, -0.2) is 43.3 Å². The summed E-state index contributed by atoms with van der Waals surface area (Å²) in [6, 6.07) is 26.7. The molecule has 0 heterocycles. The van der Waals surface area contributed by atoms with Crippen molar-refractivity contribution in [2.45, 2.75) is 64.1 Å². The van der Waals surface area contributed by atoms with Crippen LogP contribution in [0.1, 0.15) is 43.0 Å². The molecule has 2 amide bonds. The van der Waals surface area contributed by atoms with Gasteiger partial charge in [0.25, 0.3) is 10.0 Å². The Morgan fingerprint density at radius 1 is 0.826 bits per heavy atom. The molecule has 4 aromatic carbocycles. The fourth-order valence-corrected chi connectivity index (χ4v) is 6.74. The minimum atomic E-state index is -4.24. The van der Waals surface area contributed by atoms with Crippen molar-refractivity contribution in [3.8, 4) is 0 Å². The number of hydrogen-bond acceptors (Lipinski definition) is 4. The second-order valence-electron chi connectivity index (χ2n) is 12.4. The lowest BCUT2D eigenvalue weighted by Gasteiger charge is -2.35. The van der Waals surface area contributed by atoms with E-state index in [1.54, 1.807) is 42.5 Å². The SMILES string of the molecule is Cc1ccc(S(=O)(=O)N(CC(=O)N(Cc2cccc(Cl)c2)[C@@H](Cc2ccccc2)C(=O)NC(C)(C)C)c2ccc(C)c(Cl)c2)cc1. The molecule has 0 unspecified atom stereocenters. The Morgan fingerprint density at radius 3 is 2.09 bits per heavy atom. The number of rotatable bonds is 11. The smallest absolute Gasteiger partial charge is 0.264 e. The summed E-state index contributed by atoms with van der Waals surface area (Å²) in [5, 5.41) is 3.86. The van der Waals surface area contributed by atoms with Gasteiger partial charge in [0.15, 0.2) is 0 Å². The summed E-state index contributed by atoms with van der Waals surface area (Å²) >= 11 is 12.8. The highest BCUT2D eigenvalue weighted by Crippen LogP contribution is 2.29.